The Labute approximate surface area is 139 Å². The first-order valence-electron chi connectivity index (χ1n) is 8.51. The van der Waals surface area contributed by atoms with Crippen molar-refractivity contribution in [3.05, 3.63) is 53.8 Å². The molecule has 2 unspecified atom stereocenters. The molecule has 1 aliphatic carbocycles. The SMILES string of the molecule is CCC/C=C/C1=CN(S(=O)(=O)c2ccc(C)cc2)C2CCC1C2. The van der Waals surface area contributed by atoms with Crippen LogP contribution < -0.4 is 0 Å². The van der Waals surface area contributed by atoms with Gasteiger partial charge in [-0.3, -0.25) is 4.31 Å². The Balaban J connectivity index is 1.93. The highest BCUT2D eigenvalue weighted by molar-refractivity contribution is 7.89. The third kappa shape index (κ3) is 3.23. The molecular formula is C19H25NO2S. The van der Waals surface area contributed by atoms with Gasteiger partial charge in [0.1, 0.15) is 0 Å². The molecule has 2 atom stereocenters. The molecule has 1 aromatic rings. The van der Waals surface area contributed by atoms with Gasteiger partial charge in [0.05, 0.1) is 4.90 Å². The van der Waals surface area contributed by atoms with Gasteiger partial charge in [-0.1, -0.05) is 43.2 Å². The highest BCUT2D eigenvalue weighted by Gasteiger charge is 2.39. The lowest BCUT2D eigenvalue weighted by Gasteiger charge is -2.31. The third-order valence-corrected chi connectivity index (χ3v) is 6.70. The second-order valence-corrected chi connectivity index (χ2v) is 8.48. The normalized spacial score (nSPS) is 24.3. The predicted molar refractivity (Wildman–Crippen MR) is 93.5 cm³/mol. The van der Waals surface area contributed by atoms with Crippen LogP contribution in [0, 0.1) is 12.8 Å². The smallest absolute Gasteiger partial charge is 0.264 e. The molecule has 2 bridgehead atoms. The zero-order chi connectivity index (χ0) is 16.4. The molecule has 3 nitrogen and oxygen atoms in total. The summed E-state index contributed by atoms with van der Waals surface area (Å²) in [5.41, 5.74) is 2.24. The lowest BCUT2D eigenvalue weighted by Crippen LogP contribution is -2.37. The van der Waals surface area contributed by atoms with E-state index in [-0.39, 0.29) is 6.04 Å². The van der Waals surface area contributed by atoms with Gasteiger partial charge in [0.15, 0.2) is 0 Å². The Morgan fingerprint density at radius 2 is 1.96 bits per heavy atom. The van der Waals surface area contributed by atoms with Crippen molar-refractivity contribution in [2.24, 2.45) is 5.92 Å². The fourth-order valence-electron chi connectivity index (χ4n) is 3.51. The van der Waals surface area contributed by atoms with Gasteiger partial charge in [0, 0.05) is 12.2 Å². The minimum absolute atomic E-state index is 0.120. The van der Waals surface area contributed by atoms with E-state index in [1.54, 1.807) is 16.4 Å². The first kappa shape index (κ1) is 16.3. The Bertz CT molecular complexity index is 716. The van der Waals surface area contributed by atoms with Crippen molar-refractivity contribution in [3.8, 4) is 0 Å². The molecule has 1 heterocycles. The maximum atomic E-state index is 13.0. The van der Waals surface area contributed by atoms with E-state index < -0.39 is 10.0 Å². The minimum Gasteiger partial charge on any atom is -0.270 e. The summed E-state index contributed by atoms with van der Waals surface area (Å²) in [6.07, 6.45) is 11.3. The van der Waals surface area contributed by atoms with Crippen molar-refractivity contribution >= 4 is 10.0 Å². The molecule has 124 valence electrons. The molecule has 1 saturated carbocycles. The monoisotopic (exact) mass is 331 g/mol. The lowest BCUT2D eigenvalue weighted by molar-refractivity contribution is 0.377. The highest BCUT2D eigenvalue weighted by Crippen LogP contribution is 2.42. The molecule has 0 saturated heterocycles. The predicted octanol–water partition coefficient (Wildman–Crippen LogP) is 4.41. The first-order valence-corrected chi connectivity index (χ1v) is 9.95. The van der Waals surface area contributed by atoms with Crippen LogP contribution in [0.4, 0.5) is 0 Å². The molecule has 0 aromatic heterocycles. The van der Waals surface area contributed by atoms with Gasteiger partial charge < -0.3 is 0 Å². The molecule has 23 heavy (non-hydrogen) atoms. The summed E-state index contributed by atoms with van der Waals surface area (Å²) in [5, 5.41) is 0. The molecule has 0 amide bonds. The number of unbranched alkanes of at least 4 members (excludes halogenated alkanes) is 1. The van der Waals surface area contributed by atoms with Gasteiger partial charge in [-0.15, -0.1) is 0 Å². The third-order valence-electron chi connectivity index (χ3n) is 4.87. The largest absolute Gasteiger partial charge is 0.270 e. The van der Waals surface area contributed by atoms with Crippen LogP contribution in [0.15, 0.2) is 53.1 Å². The topological polar surface area (TPSA) is 37.4 Å². The molecule has 1 aliphatic heterocycles. The van der Waals surface area contributed by atoms with E-state index in [2.05, 4.69) is 19.1 Å². The minimum atomic E-state index is -3.45. The summed E-state index contributed by atoms with van der Waals surface area (Å²) in [6, 6.07) is 7.27. The number of allylic oxidation sites excluding steroid dienone is 3. The second kappa shape index (κ2) is 6.52. The number of nitrogens with zero attached hydrogens (tertiary/aromatic N) is 1. The van der Waals surface area contributed by atoms with Crippen molar-refractivity contribution in [1.29, 1.82) is 0 Å². The van der Waals surface area contributed by atoms with Gasteiger partial charge in [0.2, 0.25) is 0 Å². The molecular weight excluding hydrogens is 306 g/mol. The molecule has 3 rings (SSSR count). The Morgan fingerprint density at radius 3 is 2.65 bits per heavy atom. The van der Waals surface area contributed by atoms with Crippen LogP contribution in [0.25, 0.3) is 0 Å². The number of fused-ring (bicyclic) bond motifs is 2. The molecule has 1 aromatic carbocycles. The summed E-state index contributed by atoms with van der Waals surface area (Å²) in [6.45, 7) is 4.12. The van der Waals surface area contributed by atoms with Crippen LogP contribution in [0.3, 0.4) is 0 Å². The molecule has 0 spiro atoms. The Hall–Kier alpha value is -1.55. The number of hydrogen-bond acceptors (Lipinski definition) is 2. The summed E-state index contributed by atoms with van der Waals surface area (Å²) >= 11 is 0. The van der Waals surface area contributed by atoms with Gasteiger partial charge >= 0.3 is 0 Å². The van der Waals surface area contributed by atoms with Crippen LogP contribution in [-0.4, -0.2) is 18.8 Å². The average Bonchev–Trinajstić information content (AvgIpc) is 2.94. The van der Waals surface area contributed by atoms with E-state index in [4.69, 9.17) is 0 Å². The molecule has 4 heteroatoms. The maximum absolute atomic E-state index is 13.0. The standard InChI is InChI=1S/C19H25NO2S/c1-3-4-5-6-17-14-20(18-10-9-16(17)13-18)23(21,22)19-11-7-15(2)8-12-19/h5-8,11-12,14,16,18H,3-4,9-10,13H2,1-2H3/b6-5+. The number of rotatable bonds is 5. The van der Waals surface area contributed by atoms with E-state index in [1.807, 2.05) is 25.3 Å². The zero-order valence-corrected chi connectivity index (χ0v) is 14.7. The van der Waals surface area contributed by atoms with E-state index in [0.29, 0.717) is 10.8 Å². The van der Waals surface area contributed by atoms with Crippen LogP contribution in [0.1, 0.15) is 44.6 Å². The number of sulfonamides is 1. The number of aryl methyl sites for hydroxylation is 1. The Morgan fingerprint density at radius 1 is 1.22 bits per heavy atom. The van der Waals surface area contributed by atoms with Crippen molar-refractivity contribution in [1.82, 2.24) is 4.31 Å². The maximum Gasteiger partial charge on any atom is 0.264 e. The summed E-state index contributed by atoms with van der Waals surface area (Å²) in [5.74, 6) is 0.526. The quantitative estimate of drug-likeness (QED) is 0.801. The summed E-state index contributed by atoms with van der Waals surface area (Å²) in [7, 11) is -3.45. The van der Waals surface area contributed by atoms with Crippen LogP contribution in [0.5, 0.6) is 0 Å². The van der Waals surface area contributed by atoms with Crippen LogP contribution in [0.2, 0.25) is 0 Å². The number of hydrogen-bond donors (Lipinski definition) is 0. The summed E-state index contributed by atoms with van der Waals surface area (Å²) in [4.78, 5) is 0.390. The molecule has 2 aliphatic rings. The average molecular weight is 331 g/mol. The van der Waals surface area contributed by atoms with Gasteiger partial charge in [0.25, 0.3) is 10.0 Å². The second-order valence-electron chi connectivity index (χ2n) is 6.63. The van der Waals surface area contributed by atoms with Gasteiger partial charge in [-0.2, -0.15) is 0 Å². The van der Waals surface area contributed by atoms with Crippen molar-refractivity contribution in [3.63, 3.8) is 0 Å². The van der Waals surface area contributed by atoms with Crippen molar-refractivity contribution < 1.29 is 8.42 Å². The van der Waals surface area contributed by atoms with Gasteiger partial charge in [-0.25, -0.2) is 8.42 Å². The molecule has 0 radical (unpaired) electrons. The lowest BCUT2D eigenvalue weighted by atomic mass is 9.95. The number of benzene rings is 1. The van der Waals surface area contributed by atoms with Crippen molar-refractivity contribution in [2.75, 3.05) is 0 Å². The van der Waals surface area contributed by atoms with E-state index in [9.17, 15) is 8.42 Å². The first-order chi connectivity index (χ1) is 11.0. The van der Waals surface area contributed by atoms with Gasteiger partial charge in [-0.05, 0) is 56.2 Å². The molecule has 0 N–H and O–H groups in total. The van der Waals surface area contributed by atoms with E-state index in [1.165, 1.54) is 5.57 Å². The van der Waals surface area contributed by atoms with E-state index >= 15 is 0 Å². The Kier molecular flexibility index (Phi) is 4.62. The zero-order valence-electron chi connectivity index (χ0n) is 13.9. The highest BCUT2D eigenvalue weighted by atomic mass is 32.2. The van der Waals surface area contributed by atoms with Crippen LogP contribution >= 0.6 is 0 Å². The summed E-state index contributed by atoms with van der Waals surface area (Å²) < 4.78 is 27.7. The fraction of sp³-hybridized carbons (Fsp3) is 0.474. The van der Waals surface area contributed by atoms with Crippen LogP contribution in [-0.2, 0) is 10.0 Å². The molecule has 1 fully saturated rings. The fourth-order valence-corrected chi connectivity index (χ4v) is 5.08. The van der Waals surface area contributed by atoms with E-state index in [0.717, 1.165) is 37.7 Å². The van der Waals surface area contributed by atoms with Crippen molar-refractivity contribution in [2.45, 2.75) is 56.9 Å².